The molecule has 1 aliphatic rings. The van der Waals surface area contributed by atoms with Gasteiger partial charge >= 0.3 is 0 Å². The summed E-state index contributed by atoms with van der Waals surface area (Å²) in [6, 6.07) is 19.0. The number of hydrogen-bond donors (Lipinski definition) is 0. The molecule has 2 aromatic rings. The van der Waals surface area contributed by atoms with Crippen LogP contribution in [0.2, 0.25) is 0 Å². The van der Waals surface area contributed by atoms with Gasteiger partial charge in [0.05, 0.1) is 6.04 Å². The Hall–Kier alpha value is -2.06. The average molecular weight is 251 g/mol. The second kappa shape index (κ2) is 4.90. The minimum atomic E-state index is 0.178. The Kier molecular flexibility index (Phi) is 3.10. The van der Waals surface area contributed by atoms with Crippen LogP contribution < -0.4 is 0 Å². The van der Waals surface area contributed by atoms with Crippen LogP contribution in [0.3, 0.4) is 0 Å². The van der Waals surface area contributed by atoms with Crippen molar-refractivity contribution in [2.45, 2.75) is 13.0 Å². The molecule has 0 spiro atoms. The van der Waals surface area contributed by atoms with Gasteiger partial charge in [-0.2, -0.15) is 0 Å². The van der Waals surface area contributed by atoms with E-state index in [0.29, 0.717) is 0 Å². The number of hydrogen-bond acceptors (Lipinski definition) is 2. The molecule has 0 aliphatic carbocycles. The Morgan fingerprint density at radius 2 is 1.79 bits per heavy atom. The summed E-state index contributed by atoms with van der Waals surface area (Å²) in [7, 11) is 1.97. The molecule has 2 heteroatoms. The van der Waals surface area contributed by atoms with Crippen LogP contribution >= 0.6 is 0 Å². The summed E-state index contributed by atoms with van der Waals surface area (Å²) in [5.41, 5.74) is 3.62. The first-order chi connectivity index (χ1) is 9.24. The molecule has 1 atom stereocenters. The molecule has 2 aromatic carbocycles. The summed E-state index contributed by atoms with van der Waals surface area (Å²) in [5, 5.41) is 1.90. The number of nitrogens with zero attached hydrogens (tertiary/aromatic N) is 1. The van der Waals surface area contributed by atoms with Gasteiger partial charge in [-0.3, -0.25) is 0 Å². The van der Waals surface area contributed by atoms with Gasteiger partial charge in [-0.25, -0.2) is 0 Å². The van der Waals surface area contributed by atoms with E-state index in [2.05, 4.69) is 61.5 Å². The van der Waals surface area contributed by atoms with Crippen molar-refractivity contribution in [1.82, 2.24) is 5.06 Å². The molecular weight excluding hydrogens is 234 g/mol. The van der Waals surface area contributed by atoms with Gasteiger partial charge in [0, 0.05) is 12.6 Å². The molecule has 3 rings (SSSR count). The smallest absolute Gasteiger partial charge is 0.152 e. The summed E-state index contributed by atoms with van der Waals surface area (Å²) in [6.45, 7) is 2.09. The Morgan fingerprint density at radius 3 is 2.53 bits per heavy atom. The first-order valence-electron chi connectivity index (χ1n) is 6.48. The van der Waals surface area contributed by atoms with Crippen molar-refractivity contribution < 1.29 is 4.84 Å². The normalized spacial score (nSPS) is 19.1. The fourth-order valence-electron chi connectivity index (χ4n) is 2.39. The summed E-state index contributed by atoms with van der Waals surface area (Å²) in [4.78, 5) is 5.86. The number of likely N-dealkylation sites (N-methyl/N-ethyl adjacent to an activating group) is 1. The molecule has 2 nitrogen and oxygen atoms in total. The third-order valence-corrected chi connectivity index (χ3v) is 3.39. The number of benzene rings is 2. The van der Waals surface area contributed by atoms with Gasteiger partial charge in [-0.15, -0.1) is 5.06 Å². The maximum absolute atomic E-state index is 5.86. The van der Waals surface area contributed by atoms with Crippen molar-refractivity contribution >= 4 is 5.76 Å². The lowest BCUT2D eigenvalue weighted by atomic mass is 10.0. The van der Waals surface area contributed by atoms with E-state index in [-0.39, 0.29) is 6.04 Å². The van der Waals surface area contributed by atoms with E-state index in [1.54, 1.807) is 0 Å². The van der Waals surface area contributed by atoms with E-state index < -0.39 is 0 Å². The molecule has 0 fully saturated rings. The fraction of sp³-hybridized carbons (Fsp3) is 0.176. The van der Waals surface area contributed by atoms with Crippen molar-refractivity contribution in [3.63, 3.8) is 0 Å². The van der Waals surface area contributed by atoms with E-state index in [4.69, 9.17) is 4.84 Å². The summed E-state index contributed by atoms with van der Waals surface area (Å²) < 4.78 is 0. The van der Waals surface area contributed by atoms with Gasteiger partial charge in [0.2, 0.25) is 0 Å². The second-order valence-corrected chi connectivity index (χ2v) is 4.89. The monoisotopic (exact) mass is 251 g/mol. The standard InChI is InChI=1S/C17H17NO/c1-13-7-6-10-15(11-13)17-12-16(18(2)19-17)14-8-4-3-5-9-14/h3-12,16H,1-2H3. The van der Waals surface area contributed by atoms with Crippen molar-refractivity contribution in [3.8, 4) is 0 Å². The Bertz CT molecular complexity index is 604. The van der Waals surface area contributed by atoms with Crippen LogP contribution in [-0.4, -0.2) is 12.1 Å². The molecule has 0 bridgehead atoms. The third kappa shape index (κ3) is 2.40. The highest BCUT2D eigenvalue weighted by atomic mass is 16.7. The Morgan fingerprint density at radius 1 is 1.00 bits per heavy atom. The highest BCUT2D eigenvalue weighted by Crippen LogP contribution is 2.34. The Balaban J connectivity index is 1.93. The van der Waals surface area contributed by atoms with E-state index in [0.717, 1.165) is 11.3 Å². The van der Waals surface area contributed by atoms with Crippen LogP contribution in [0.25, 0.3) is 5.76 Å². The zero-order chi connectivity index (χ0) is 13.2. The maximum Gasteiger partial charge on any atom is 0.152 e. The highest BCUT2D eigenvalue weighted by molar-refractivity contribution is 5.62. The summed E-state index contributed by atoms with van der Waals surface area (Å²) >= 11 is 0. The van der Waals surface area contributed by atoms with Crippen LogP contribution in [0.15, 0.2) is 60.7 Å². The van der Waals surface area contributed by atoms with Gasteiger partial charge in [0.15, 0.2) is 5.76 Å². The van der Waals surface area contributed by atoms with Crippen LogP contribution in [0.1, 0.15) is 22.7 Å². The molecule has 0 saturated heterocycles. The predicted molar refractivity (Wildman–Crippen MR) is 77.2 cm³/mol. The van der Waals surface area contributed by atoms with Crippen molar-refractivity contribution in [3.05, 3.63) is 77.4 Å². The molecule has 1 aliphatic heterocycles. The summed E-state index contributed by atoms with van der Waals surface area (Å²) in [5.74, 6) is 0.931. The molecule has 96 valence electrons. The van der Waals surface area contributed by atoms with E-state index in [9.17, 15) is 0 Å². The van der Waals surface area contributed by atoms with Gasteiger partial charge in [0.1, 0.15) is 0 Å². The van der Waals surface area contributed by atoms with Crippen LogP contribution in [-0.2, 0) is 4.84 Å². The van der Waals surface area contributed by atoms with Gasteiger partial charge in [0.25, 0.3) is 0 Å². The average Bonchev–Trinajstić information content (AvgIpc) is 2.82. The molecule has 0 saturated carbocycles. The molecule has 1 heterocycles. The van der Waals surface area contributed by atoms with Crippen molar-refractivity contribution in [2.75, 3.05) is 7.05 Å². The van der Waals surface area contributed by atoms with Crippen LogP contribution in [0, 0.1) is 6.92 Å². The lowest BCUT2D eigenvalue weighted by Crippen LogP contribution is -2.16. The van der Waals surface area contributed by atoms with Crippen molar-refractivity contribution in [1.29, 1.82) is 0 Å². The lowest BCUT2D eigenvalue weighted by molar-refractivity contribution is -0.0663. The zero-order valence-electron chi connectivity index (χ0n) is 11.2. The van der Waals surface area contributed by atoms with E-state index in [1.807, 2.05) is 18.2 Å². The lowest BCUT2D eigenvalue weighted by Gasteiger charge is -2.18. The first-order valence-corrected chi connectivity index (χ1v) is 6.48. The molecule has 19 heavy (non-hydrogen) atoms. The minimum absolute atomic E-state index is 0.178. The molecule has 0 N–H and O–H groups in total. The molecule has 0 aromatic heterocycles. The van der Waals surface area contributed by atoms with Crippen LogP contribution in [0.5, 0.6) is 0 Å². The molecule has 0 radical (unpaired) electrons. The zero-order valence-corrected chi connectivity index (χ0v) is 11.2. The quantitative estimate of drug-likeness (QED) is 0.801. The van der Waals surface area contributed by atoms with Gasteiger partial charge in [-0.1, -0.05) is 54.1 Å². The molecule has 1 unspecified atom stereocenters. The molecular formula is C17H17NO. The Labute approximate surface area is 113 Å². The second-order valence-electron chi connectivity index (χ2n) is 4.89. The van der Waals surface area contributed by atoms with Crippen molar-refractivity contribution in [2.24, 2.45) is 0 Å². The van der Waals surface area contributed by atoms with Gasteiger partial charge in [-0.05, 0) is 24.6 Å². The highest BCUT2D eigenvalue weighted by Gasteiger charge is 2.25. The topological polar surface area (TPSA) is 12.5 Å². The molecule has 0 amide bonds. The summed E-state index contributed by atoms with van der Waals surface area (Å²) in [6.07, 6.45) is 2.17. The van der Waals surface area contributed by atoms with Crippen LogP contribution in [0.4, 0.5) is 0 Å². The third-order valence-electron chi connectivity index (χ3n) is 3.39. The maximum atomic E-state index is 5.86. The predicted octanol–water partition coefficient (Wildman–Crippen LogP) is 3.95. The first kappa shape index (κ1) is 12.0. The number of aryl methyl sites for hydroxylation is 1. The fourth-order valence-corrected chi connectivity index (χ4v) is 2.39. The SMILES string of the molecule is Cc1cccc(C2=CC(c3ccccc3)N(C)O2)c1. The number of rotatable bonds is 2. The van der Waals surface area contributed by atoms with E-state index in [1.165, 1.54) is 11.1 Å². The van der Waals surface area contributed by atoms with Gasteiger partial charge < -0.3 is 4.84 Å². The van der Waals surface area contributed by atoms with E-state index >= 15 is 0 Å². The minimum Gasteiger partial charge on any atom is -0.405 e. The largest absolute Gasteiger partial charge is 0.405 e. The number of hydroxylamine groups is 2.